The van der Waals surface area contributed by atoms with E-state index in [-0.39, 0.29) is 5.60 Å². The molecule has 0 aliphatic carbocycles. The van der Waals surface area contributed by atoms with Crippen LogP contribution in [0.5, 0.6) is 0 Å². The van der Waals surface area contributed by atoms with Crippen molar-refractivity contribution in [1.82, 2.24) is 0 Å². The van der Waals surface area contributed by atoms with Gasteiger partial charge < -0.3 is 14.5 Å². The van der Waals surface area contributed by atoms with Crippen LogP contribution in [0.25, 0.3) is 0 Å². The average Bonchev–Trinajstić information content (AvgIpc) is 2.90. The van der Waals surface area contributed by atoms with Crippen LogP contribution in [0.1, 0.15) is 52.7 Å². The fourth-order valence-electron chi connectivity index (χ4n) is 3.74. The van der Waals surface area contributed by atoms with Crippen LogP contribution >= 0.6 is 0 Å². The Balaban J connectivity index is 1.78. The highest BCUT2D eigenvalue weighted by Gasteiger charge is 2.34. The third-order valence-corrected chi connectivity index (χ3v) is 4.83. The highest BCUT2D eigenvalue weighted by molar-refractivity contribution is 4.95. The van der Waals surface area contributed by atoms with E-state index < -0.39 is 0 Å². The first kappa shape index (κ1) is 16.6. The van der Waals surface area contributed by atoms with Crippen LogP contribution in [0.2, 0.25) is 0 Å². The molecule has 21 heavy (non-hydrogen) atoms. The summed E-state index contributed by atoms with van der Waals surface area (Å²) in [4.78, 5) is 0. The molecule has 0 spiro atoms. The van der Waals surface area contributed by atoms with Crippen LogP contribution in [0.3, 0.4) is 0 Å². The number of ether oxygens (including phenoxy) is 1. The Labute approximate surface area is 129 Å². The first-order valence-corrected chi connectivity index (χ1v) is 8.46. The van der Waals surface area contributed by atoms with E-state index in [1.807, 2.05) is 6.07 Å². The van der Waals surface area contributed by atoms with Crippen molar-refractivity contribution in [3.63, 3.8) is 0 Å². The van der Waals surface area contributed by atoms with Crippen molar-refractivity contribution in [2.24, 2.45) is 17.8 Å². The van der Waals surface area contributed by atoms with Gasteiger partial charge in [-0.2, -0.15) is 0 Å². The fourth-order valence-corrected chi connectivity index (χ4v) is 3.74. The molecule has 2 atom stereocenters. The fraction of sp³-hybridized carbons (Fsp3) is 0.778. The topological polar surface area (TPSA) is 39.0 Å². The predicted octanol–water partition coefficient (Wildman–Crippen LogP) is 3.21. The maximum Gasteiger partial charge on any atom is 0.157 e. The lowest BCUT2D eigenvalue weighted by molar-refractivity contribution is -0.673. The average molecular weight is 294 g/mol. The van der Waals surface area contributed by atoms with Gasteiger partial charge in [-0.05, 0) is 63.0 Å². The van der Waals surface area contributed by atoms with E-state index in [1.165, 1.54) is 25.8 Å². The molecule has 2 heterocycles. The lowest BCUT2D eigenvalue weighted by Crippen LogP contribution is -2.82. The summed E-state index contributed by atoms with van der Waals surface area (Å²) in [6.07, 6.45) is 5.47. The molecule has 0 unspecified atom stereocenters. The van der Waals surface area contributed by atoms with E-state index in [1.54, 1.807) is 6.26 Å². The van der Waals surface area contributed by atoms with E-state index in [0.29, 0.717) is 0 Å². The Kier molecular flexibility index (Phi) is 5.88. The van der Waals surface area contributed by atoms with Gasteiger partial charge in [0, 0.05) is 6.61 Å². The summed E-state index contributed by atoms with van der Waals surface area (Å²) in [5, 5.41) is 2.37. The number of furan rings is 1. The van der Waals surface area contributed by atoms with Crippen molar-refractivity contribution in [1.29, 1.82) is 0 Å². The largest absolute Gasteiger partial charge is 0.463 e. The van der Waals surface area contributed by atoms with E-state index >= 15 is 0 Å². The van der Waals surface area contributed by atoms with Gasteiger partial charge in [-0.3, -0.25) is 0 Å². The lowest BCUT2D eigenvalue weighted by atomic mass is 9.73. The summed E-state index contributed by atoms with van der Waals surface area (Å²) in [6.45, 7) is 12.3. The Hall–Kier alpha value is -0.800. The molecule has 1 aliphatic rings. The van der Waals surface area contributed by atoms with Crippen molar-refractivity contribution < 1.29 is 14.5 Å². The van der Waals surface area contributed by atoms with Gasteiger partial charge in [0.2, 0.25) is 0 Å². The molecule has 0 saturated carbocycles. The summed E-state index contributed by atoms with van der Waals surface area (Å²) in [5.74, 6) is 3.44. The number of nitrogens with two attached hydrogens (primary N) is 1. The standard InChI is InChI=1S/C18H31NO2/c1-14(2)17(15-8-11-21-18(3,4)12-15)7-9-19-13-16-6-5-10-20-16/h5-6,10,14-15,17,19H,7-9,11-13H2,1-4H3/p+1/t15-,17-/m1/s1. The van der Waals surface area contributed by atoms with Gasteiger partial charge in [0.25, 0.3) is 0 Å². The zero-order chi connectivity index (χ0) is 15.3. The minimum absolute atomic E-state index is 0.0634. The monoisotopic (exact) mass is 294 g/mol. The maximum absolute atomic E-state index is 5.88. The van der Waals surface area contributed by atoms with Gasteiger partial charge in [0.1, 0.15) is 6.54 Å². The summed E-state index contributed by atoms with van der Waals surface area (Å²) in [5.41, 5.74) is 0.0634. The molecule has 2 rings (SSSR count). The summed E-state index contributed by atoms with van der Waals surface area (Å²) in [6, 6.07) is 4.02. The zero-order valence-electron chi connectivity index (χ0n) is 14.1. The third-order valence-electron chi connectivity index (χ3n) is 4.83. The molecule has 120 valence electrons. The Morgan fingerprint density at radius 2 is 2.19 bits per heavy atom. The first-order valence-electron chi connectivity index (χ1n) is 8.46. The predicted molar refractivity (Wildman–Crippen MR) is 84.9 cm³/mol. The van der Waals surface area contributed by atoms with Crippen LogP contribution in [0.4, 0.5) is 0 Å². The molecule has 3 heteroatoms. The van der Waals surface area contributed by atoms with Gasteiger partial charge in [0.15, 0.2) is 5.76 Å². The minimum atomic E-state index is 0.0634. The number of hydrogen-bond donors (Lipinski definition) is 1. The summed E-state index contributed by atoms with van der Waals surface area (Å²) in [7, 11) is 0. The maximum atomic E-state index is 5.88. The quantitative estimate of drug-likeness (QED) is 0.784. The van der Waals surface area contributed by atoms with Crippen LogP contribution in [0, 0.1) is 17.8 Å². The SMILES string of the molecule is CC(C)[C@@H](CC[NH2+]Cc1ccco1)[C@@H]1CCOC(C)(C)C1. The second kappa shape index (κ2) is 7.46. The number of rotatable bonds is 7. The van der Waals surface area contributed by atoms with Crippen molar-refractivity contribution in [2.45, 2.75) is 59.1 Å². The number of quaternary nitrogens is 1. The van der Waals surface area contributed by atoms with E-state index in [4.69, 9.17) is 9.15 Å². The van der Waals surface area contributed by atoms with Crippen LogP contribution < -0.4 is 5.32 Å². The van der Waals surface area contributed by atoms with E-state index in [0.717, 1.165) is 36.7 Å². The molecule has 1 aromatic rings. The minimum Gasteiger partial charge on any atom is -0.463 e. The lowest BCUT2D eigenvalue weighted by Gasteiger charge is -2.40. The third kappa shape index (κ3) is 5.15. The summed E-state index contributed by atoms with van der Waals surface area (Å²) < 4.78 is 11.3. The van der Waals surface area contributed by atoms with Crippen molar-refractivity contribution in [3.05, 3.63) is 24.2 Å². The number of hydrogen-bond acceptors (Lipinski definition) is 2. The Morgan fingerprint density at radius 1 is 1.38 bits per heavy atom. The molecule has 0 amide bonds. The van der Waals surface area contributed by atoms with Gasteiger partial charge in [-0.15, -0.1) is 0 Å². The summed E-state index contributed by atoms with van der Waals surface area (Å²) >= 11 is 0. The van der Waals surface area contributed by atoms with Gasteiger partial charge in [-0.1, -0.05) is 13.8 Å². The normalized spacial score (nSPS) is 23.4. The molecule has 1 aromatic heterocycles. The molecule has 0 bridgehead atoms. The first-order chi connectivity index (χ1) is 9.98. The van der Waals surface area contributed by atoms with Crippen molar-refractivity contribution >= 4 is 0 Å². The second-order valence-corrected chi connectivity index (χ2v) is 7.42. The van der Waals surface area contributed by atoms with Crippen LogP contribution in [-0.2, 0) is 11.3 Å². The molecular formula is C18H32NO2+. The highest BCUT2D eigenvalue weighted by Crippen LogP contribution is 2.37. The van der Waals surface area contributed by atoms with Crippen molar-refractivity contribution in [2.75, 3.05) is 13.2 Å². The second-order valence-electron chi connectivity index (χ2n) is 7.42. The molecule has 0 radical (unpaired) electrons. The van der Waals surface area contributed by atoms with E-state index in [2.05, 4.69) is 39.1 Å². The molecule has 3 nitrogen and oxygen atoms in total. The Bertz CT molecular complexity index is 397. The van der Waals surface area contributed by atoms with E-state index in [9.17, 15) is 0 Å². The molecule has 0 aromatic carbocycles. The molecule has 1 fully saturated rings. The highest BCUT2D eigenvalue weighted by atomic mass is 16.5. The van der Waals surface area contributed by atoms with Crippen molar-refractivity contribution in [3.8, 4) is 0 Å². The molecule has 1 saturated heterocycles. The van der Waals surface area contributed by atoms with Gasteiger partial charge in [-0.25, -0.2) is 0 Å². The zero-order valence-corrected chi connectivity index (χ0v) is 14.1. The molecule has 1 aliphatic heterocycles. The van der Waals surface area contributed by atoms with Gasteiger partial charge in [0.05, 0.1) is 18.4 Å². The Morgan fingerprint density at radius 3 is 2.81 bits per heavy atom. The van der Waals surface area contributed by atoms with Crippen LogP contribution in [-0.4, -0.2) is 18.8 Å². The van der Waals surface area contributed by atoms with Gasteiger partial charge >= 0.3 is 0 Å². The van der Waals surface area contributed by atoms with Crippen LogP contribution in [0.15, 0.2) is 22.8 Å². The molecular weight excluding hydrogens is 262 g/mol. The molecule has 2 N–H and O–H groups in total. The smallest absolute Gasteiger partial charge is 0.157 e.